The molecule has 0 aliphatic rings. The number of esters is 1. The van der Waals surface area contributed by atoms with Crippen LogP contribution in [0, 0.1) is 5.92 Å². The molecule has 82 valence electrons. The number of hydrogen-bond donors (Lipinski definition) is 1. The van der Waals surface area contributed by atoms with Crippen LogP contribution in [0.1, 0.15) is 27.2 Å². The van der Waals surface area contributed by atoms with E-state index in [1.54, 1.807) is 13.8 Å². The molecular formula is C10H18FNO2. The lowest BCUT2D eigenvalue weighted by Gasteiger charge is -2.15. The molecule has 0 aromatic heterocycles. The largest absolute Gasteiger partial charge is 0.463 e. The molecule has 0 spiro atoms. The second-order valence-electron chi connectivity index (χ2n) is 3.08. The number of hydrogen-bond acceptors (Lipinski definition) is 3. The highest BCUT2D eigenvalue weighted by atomic mass is 19.1. The van der Waals surface area contributed by atoms with Gasteiger partial charge >= 0.3 is 5.97 Å². The van der Waals surface area contributed by atoms with Crippen molar-refractivity contribution in [3.63, 3.8) is 0 Å². The summed E-state index contributed by atoms with van der Waals surface area (Å²) in [4.78, 5) is 11.4. The summed E-state index contributed by atoms with van der Waals surface area (Å²) in [6, 6.07) is 0. The van der Waals surface area contributed by atoms with Crippen molar-refractivity contribution in [3.05, 3.63) is 11.3 Å². The van der Waals surface area contributed by atoms with Gasteiger partial charge in [0.05, 0.1) is 18.9 Å². The first-order valence-electron chi connectivity index (χ1n) is 4.77. The van der Waals surface area contributed by atoms with Gasteiger partial charge in [-0.3, -0.25) is 4.39 Å². The van der Waals surface area contributed by atoms with Gasteiger partial charge in [0.2, 0.25) is 0 Å². The molecule has 0 saturated carbocycles. The first-order valence-corrected chi connectivity index (χ1v) is 4.77. The Morgan fingerprint density at radius 1 is 1.50 bits per heavy atom. The minimum absolute atomic E-state index is 0.275. The van der Waals surface area contributed by atoms with E-state index in [2.05, 4.69) is 0 Å². The number of nitrogens with two attached hydrogens (primary N) is 1. The summed E-state index contributed by atoms with van der Waals surface area (Å²) in [7, 11) is 0. The van der Waals surface area contributed by atoms with Crippen LogP contribution in [0.2, 0.25) is 0 Å². The fourth-order valence-corrected chi connectivity index (χ4v) is 1.25. The third-order valence-electron chi connectivity index (χ3n) is 2.01. The SMILES string of the molecule is CCOC(=O)/C(=C(/C)N)C(CC)CF. The van der Waals surface area contributed by atoms with Crippen LogP contribution in [-0.2, 0) is 9.53 Å². The van der Waals surface area contributed by atoms with Crippen molar-refractivity contribution in [3.8, 4) is 0 Å². The van der Waals surface area contributed by atoms with Crippen molar-refractivity contribution in [2.24, 2.45) is 11.7 Å². The molecule has 0 heterocycles. The monoisotopic (exact) mass is 203 g/mol. The molecular weight excluding hydrogens is 185 g/mol. The maximum absolute atomic E-state index is 12.6. The number of carbonyl (C=O) groups excluding carboxylic acids is 1. The number of halogens is 1. The lowest BCUT2D eigenvalue weighted by molar-refractivity contribution is -0.139. The average molecular weight is 203 g/mol. The molecule has 4 heteroatoms. The molecule has 1 unspecified atom stereocenters. The molecule has 0 radical (unpaired) electrons. The topological polar surface area (TPSA) is 52.3 Å². The highest BCUT2D eigenvalue weighted by Crippen LogP contribution is 2.19. The summed E-state index contributed by atoms with van der Waals surface area (Å²) < 4.78 is 17.4. The molecule has 0 aromatic rings. The maximum Gasteiger partial charge on any atom is 0.336 e. The van der Waals surface area contributed by atoms with Gasteiger partial charge in [0.1, 0.15) is 0 Å². The minimum Gasteiger partial charge on any atom is -0.463 e. The average Bonchev–Trinajstić information content (AvgIpc) is 2.13. The van der Waals surface area contributed by atoms with Crippen LogP contribution in [-0.4, -0.2) is 19.3 Å². The smallest absolute Gasteiger partial charge is 0.336 e. The Labute approximate surface area is 84.1 Å². The van der Waals surface area contributed by atoms with E-state index in [9.17, 15) is 9.18 Å². The zero-order chi connectivity index (χ0) is 11.1. The molecule has 1 atom stereocenters. The molecule has 2 N–H and O–H groups in total. The van der Waals surface area contributed by atoms with Crippen LogP contribution in [0.3, 0.4) is 0 Å². The Bertz CT molecular complexity index is 218. The number of carbonyl (C=O) groups is 1. The second kappa shape index (κ2) is 6.40. The quantitative estimate of drug-likeness (QED) is 0.547. The van der Waals surface area contributed by atoms with Crippen molar-refractivity contribution in [2.45, 2.75) is 27.2 Å². The molecule has 0 fully saturated rings. The van der Waals surface area contributed by atoms with Crippen molar-refractivity contribution >= 4 is 5.97 Å². The zero-order valence-corrected chi connectivity index (χ0v) is 8.97. The third kappa shape index (κ3) is 3.36. The Kier molecular flexibility index (Phi) is 5.92. The summed E-state index contributed by atoms with van der Waals surface area (Å²) in [6.07, 6.45) is 0.541. The highest BCUT2D eigenvalue weighted by Gasteiger charge is 2.22. The van der Waals surface area contributed by atoms with E-state index >= 15 is 0 Å². The Balaban J connectivity index is 4.78. The predicted molar refractivity (Wildman–Crippen MR) is 53.3 cm³/mol. The lowest BCUT2D eigenvalue weighted by Crippen LogP contribution is -2.21. The van der Waals surface area contributed by atoms with Crippen molar-refractivity contribution in [2.75, 3.05) is 13.3 Å². The Morgan fingerprint density at radius 2 is 2.07 bits per heavy atom. The summed E-state index contributed by atoms with van der Waals surface area (Å²) in [5.41, 5.74) is 6.15. The van der Waals surface area contributed by atoms with Crippen molar-refractivity contribution in [1.82, 2.24) is 0 Å². The van der Waals surface area contributed by atoms with Crippen LogP contribution in [0.25, 0.3) is 0 Å². The summed E-state index contributed by atoms with van der Waals surface area (Å²) in [5.74, 6) is -0.948. The molecule has 0 rings (SSSR count). The molecule has 0 aliphatic carbocycles. The van der Waals surface area contributed by atoms with Crippen LogP contribution >= 0.6 is 0 Å². The fraction of sp³-hybridized carbons (Fsp3) is 0.700. The number of allylic oxidation sites excluding steroid dienone is 1. The van der Waals surface area contributed by atoms with Gasteiger partial charge in [-0.05, 0) is 20.3 Å². The minimum atomic E-state index is -0.584. The zero-order valence-electron chi connectivity index (χ0n) is 8.97. The van der Waals surface area contributed by atoms with E-state index in [-0.39, 0.29) is 12.2 Å². The first-order chi connectivity index (χ1) is 6.58. The highest BCUT2D eigenvalue weighted by molar-refractivity contribution is 5.89. The van der Waals surface area contributed by atoms with Gasteiger partial charge in [0, 0.05) is 11.6 Å². The van der Waals surface area contributed by atoms with Crippen LogP contribution < -0.4 is 5.73 Å². The van der Waals surface area contributed by atoms with Gasteiger partial charge in [-0.15, -0.1) is 0 Å². The number of alkyl halides is 1. The normalized spacial score (nSPS) is 14.6. The summed E-state index contributed by atoms with van der Waals surface area (Å²) >= 11 is 0. The van der Waals surface area contributed by atoms with Gasteiger partial charge < -0.3 is 10.5 Å². The van der Waals surface area contributed by atoms with Gasteiger partial charge in [0.15, 0.2) is 0 Å². The van der Waals surface area contributed by atoms with Crippen LogP contribution in [0.4, 0.5) is 4.39 Å². The van der Waals surface area contributed by atoms with E-state index in [0.29, 0.717) is 12.1 Å². The molecule has 0 aromatic carbocycles. The summed E-state index contributed by atoms with van der Waals surface area (Å²) in [6.45, 7) is 4.80. The van der Waals surface area contributed by atoms with Crippen molar-refractivity contribution in [1.29, 1.82) is 0 Å². The van der Waals surface area contributed by atoms with Crippen LogP contribution in [0.15, 0.2) is 11.3 Å². The summed E-state index contributed by atoms with van der Waals surface area (Å²) in [5, 5.41) is 0. The van der Waals surface area contributed by atoms with E-state index < -0.39 is 18.6 Å². The molecule has 0 saturated heterocycles. The fourth-order valence-electron chi connectivity index (χ4n) is 1.25. The third-order valence-corrected chi connectivity index (χ3v) is 2.01. The first kappa shape index (κ1) is 12.9. The van der Waals surface area contributed by atoms with E-state index in [4.69, 9.17) is 10.5 Å². The predicted octanol–water partition coefficient (Wildman–Crippen LogP) is 1.78. The van der Waals surface area contributed by atoms with E-state index in [1.807, 2.05) is 6.92 Å². The van der Waals surface area contributed by atoms with Crippen molar-refractivity contribution < 1.29 is 13.9 Å². The van der Waals surface area contributed by atoms with Gasteiger partial charge in [0.25, 0.3) is 0 Å². The van der Waals surface area contributed by atoms with Crippen LogP contribution in [0.5, 0.6) is 0 Å². The molecule has 0 amide bonds. The Morgan fingerprint density at radius 3 is 2.36 bits per heavy atom. The number of ether oxygens (including phenoxy) is 1. The van der Waals surface area contributed by atoms with Gasteiger partial charge in [-0.1, -0.05) is 6.92 Å². The molecule has 3 nitrogen and oxygen atoms in total. The van der Waals surface area contributed by atoms with Gasteiger partial charge in [-0.25, -0.2) is 4.79 Å². The van der Waals surface area contributed by atoms with Gasteiger partial charge in [-0.2, -0.15) is 0 Å². The lowest BCUT2D eigenvalue weighted by atomic mass is 9.96. The van der Waals surface area contributed by atoms with E-state index in [0.717, 1.165) is 0 Å². The molecule has 14 heavy (non-hydrogen) atoms. The molecule has 0 bridgehead atoms. The molecule has 0 aliphatic heterocycles. The second-order valence-corrected chi connectivity index (χ2v) is 3.08. The number of rotatable bonds is 5. The Hall–Kier alpha value is -1.06. The maximum atomic E-state index is 12.6. The van der Waals surface area contributed by atoms with E-state index in [1.165, 1.54) is 0 Å². The standard InChI is InChI=1S/C10H18FNO2/c1-4-8(6-11)9(7(3)12)10(13)14-5-2/h8H,4-6,12H2,1-3H3/b9-7-.